The first-order valence-corrected chi connectivity index (χ1v) is 7.15. The smallest absolute Gasteiger partial charge is 0.198 e. The Bertz CT molecular complexity index is 742. The van der Waals surface area contributed by atoms with Crippen LogP contribution in [0.1, 0.15) is 25.5 Å². The normalized spacial score (nSPS) is 11.2. The first-order valence-electron chi connectivity index (χ1n) is 7.15. The van der Waals surface area contributed by atoms with E-state index in [1.807, 2.05) is 0 Å². The van der Waals surface area contributed by atoms with Gasteiger partial charge in [0.1, 0.15) is 7.05 Å². The molecule has 1 nitrogen and oxygen atoms in total. The average Bonchev–Trinajstić information content (AvgIpc) is 2.48. The lowest BCUT2D eigenvalue weighted by Gasteiger charge is -2.11. The number of rotatable bonds is 2. The highest BCUT2D eigenvalue weighted by Gasteiger charge is 2.18. The van der Waals surface area contributed by atoms with Crippen molar-refractivity contribution >= 4 is 10.9 Å². The molecule has 0 aliphatic rings. The number of hydrogen-bond acceptors (Lipinski definition) is 0. The van der Waals surface area contributed by atoms with Gasteiger partial charge in [-0.3, -0.25) is 0 Å². The van der Waals surface area contributed by atoms with E-state index in [9.17, 15) is 0 Å². The minimum atomic E-state index is 0.507. The molecule has 0 unspecified atom stereocenters. The Morgan fingerprint density at radius 2 is 1.50 bits per heavy atom. The van der Waals surface area contributed by atoms with E-state index >= 15 is 0 Å². The van der Waals surface area contributed by atoms with E-state index in [-0.39, 0.29) is 0 Å². The predicted molar refractivity (Wildman–Crippen MR) is 84.6 cm³/mol. The summed E-state index contributed by atoms with van der Waals surface area (Å²) < 4.78 is 2.31. The molecule has 0 atom stereocenters. The van der Waals surface area contributed by atoms with Gasteiger partial charge in [-0.25, -0.2) is 0 Å². The van der Waals surface area contributed by atoms with E-state index < -0.39 is 0 Å². The molecular formula is C19H20N+. The lowest BCUT2D eigenvalue weighted by Crippen LogP contribution is -2.35. The Hall–Kier alpha value is -2.15. The molecule has 20 heavy (non-hydrogen) atoms. The number of hydrogen-bond donors (Lipinski definition) is 0. The minimum Gasteiger partial charge on any atom is -0.198 e. The van der Waals surface area contributed by atoms with Crippen molar-refractivity contribution in [3.63, 3.8) is 0 Å². The number of aromatic nitrogens is 1. The molecule has 0 saturated heterocycles. The number of pyridine rings is 1. The van der Waals surface area contributed by atoms with Crippen LogP contribution in [0.4, 0.5) is 0 Å². The first-order chi connectivity index (χ1) is 9.68. The van der Waals surface area contributed by atoms with Crippen molar-refractivity contribution in [3.8, 4) is 11.1 Å². The lowest BCUT2D eigenvalue weighted by atomic mass is 9.97. The van der Waals surface area contributed by atoms with Crippen LogP contribution < -0.4 is 4.57 Å². The van der Waals surface area contributed by atoms with E-state index in [1.165, 1.54) is 27.7 Å². The standard InChI is InChI=1S/C19H20N/c1-14(2)19-13-17(15-9-5-4-6-10-15)16-11-7-8-12-18(16)20(19)3/h4-14H,1-3H3/q+1. The van der Waals surface area contributed by atoms with Gasteiger partial charge >= 0.3 is 0 Å². The van der Waals surface area contributed by atoms with Crippen molar-refractivity contribution in [2.24, 2.45) is 7.05 Å². The van der Waals surface area contributed by atoms with Crippen molar-refractivity contribution in [1.82, 2.24) is 0 Å². The summed E-state index contributed by atoms with van der Waals surface area (Å²) in [6.07, 6.45) is 0. The van der Waals surface area contributed by atoms with E-state index in [0.29, 0.717) is 5.92 Å². The molecule has 2 aromatic carbocycles. The average molecular weight is 262 g/mol. The predicted octanol–water partition coefficient (Wildman–Crippen LogP) is 4.45. The summed E-state index contributed by atoms with van der Waals surface area (Å²) in [4.78, 5) is 0. The monoisotopic (exact) mass is 262 g/mol. The van der Waals surface area contributed by atoms with Crippen LogP contribution in [0.25, 0.3) is 22.0 Å². The number of nitrogens with zero attached hydrogens (tertiary/aromatic N) is 1. The molecule has 0 fully saturated rings. The number of aryl methyl sites for hydroxylation is 1. The van der Waals surface area contributed by atoms with Gasteiger partial charge in [0.2, 0.25) is 5.52 Å². The molecule has 1 heteroatoms. The fourth-order valence-electron chi connectivity index (χ4n) is 2.87. The Kier molecular flexibility index (Phi) is 3.27. The first kappa shape index (κ1) is 12.9. The molecule has 0 aliphatic carbocycles. The Labute approximate surface area is 120 Å². The van der Waals surface area contributed by atoms with Crippen molar-refractivity contribution in [2.45, 2.75) is 19.8 Å². The highest BCUT2D eigenvalue weighted by atomic mass is 14.9. The third kappa shape index (κ3) is 2.09. The van der Waals surface area contributed by atoms with Crippen molar-refractivity contribution in [1.29, 1.82) is 0 Å². The van der Waals surface area contributed by atoms with Crippen molar-refractivity contribution in [3.05, 3.63) is 66.4 Å². The Balaban J connectivity index is 2.39. The highest BCUT2D eigenvalue weighted by Crippen LogP contribution is 2.29. The largest absolute Gasteiger partial charge is 0.213 e. The van der Waals surface area contributed by atoms with Gasteiger partial charge in [-0.1, -0.05) is 56.3 Å². The minimum absolute atomic E-state index is 0.507. The summed E-state index contributed by atoms with van der Waals surface area (Å²) in [5.74, 6) is 0.507. The second kappa shape index (κ2) is 5.09. The van der Waals surface area contributed by atoms with Crippen LogP contribution in [0.3, 0.4) is 0 Å². The summed E-state index contributed by atoms with van der Waals surface area (Å²) in [6, 6.07) is 21.6. The van der Waals surface area contributed by atoms with E-state index in [4.69, 9.17) is 0 Å². The quantitative estimate of drug-likeness (QED) is 0.601. The molecule has 0 amide bonds. The van der Waals surface area contributed by atoms with Gasteiger partial charge in [-0.2, -0.15) is 4.57 Å². The fourth-order valence-corrected chi connectivity index (χ4v) is 2.87. The summed E-state index contributed by atoms with van der Waals surface area (Å²) in [5.41, 5.74) is 5.26. The zero-order chi connectivity index (χ0) is 14.1. The fraction of sp³-hybridized carbons (Fsp3) is 0.211. The zero-order valence-corrected chi connectivity index (χ0v) is 12.3. The third-order valence-electron chi connectivity index (χ3n) is 3.91. The van der Waals surface area contributed by atoms with Crippen molar-refractivity contribution < 1.29 is 4.57 Å². The van der Waals surface area contributed by atoms with Crippen LogP contribution in [-0.4, -0.2) is 0 Å². The van der Waals surface area contributed by atoms with Crippen LogP contribution in [0.15, 0.2) is 60.7 Å². The van der Waals surface area contributed by atoms with E-state index in [2.05, 4.69) is 86.1 Å². The van der Waals surface area contributed by atoms with Crippen LogP contribution in [-0.2, 0) is 7.05 Å². The summed E-state index contributed by atoms with van der Waals surface area (Å²) in [5, 5.41) is 1.31. The molecule has 0 radical (unpaired) electrons. The van der Waals surface area contributed by atoms with Crippen LogP contribution in [0.2, 0.25) is 0 Å². The molecule has 0 bridgehead atoms. The van der Waals surface area contributed by atoms with Crippen molar-refractivity contribution in [2.75, 3.05) is 0 Å². The summed E-state index contributed by atoms with van der Waals surface area (Å²) in [7, 11) is 2.16. The molecule has 1 aromatic heterocycles. The maximum Gasteiger partial charge on any atom is 0.213 e. The van der Waals surface area contributed by atoms with Gasteiger partial charge in [0.25, 0.3) is 0 Å². The molecule has 3 aromatic rings. The van der Waals surface area contributed by atoms with E-state index in [0.717, 1.165) is 0 Å². The van der Waals surface area contributed by atoms with Crippen LogP contribution in [0, 0.1) is 0 Å². The third-order valence-corrected chi connectivity index (χ3v) is 3.91. The van der Waals surface area contributed by atoms with Gasteiger partial charge in [0.15, 0.2) is 5.69 Å². The van der Waals surface area contributed by atoms with Gasteiger partial charge in [0.05, 0.1) is 5.39 Å². The Morgan fingerprint density at radius 3 is 2.20 bits per heavy atom. The maximum atomic E-state index is 2.34. The molecule has 0 saturated carbocycles. The maximum absolute atomic E-state index is 2.34. The molecule has 0 N–H and O–H groups in total. The summed E-state index contributed by atoms with van der Waals surface area (Å²) >= 11 is 0. The highest BCUT2D eigenvalue weighted by molar-refractivity contribution is 5.92. The summed E-state index contributed by atoms with van der Waals surface area (Å²) in [6.45, 7) is 4.50. The second-order valence-corrected chi connectivity index (χ2v) is 5.58. The molecular weight excluding hydrogens is 242 g/mol. The SMILES string of the molecule is CC(C)c1cc(-c2ccccc2)c2ccccc2[n+]1C. The molecule has 0 aliphatic heterocycles. The van der Waals surface area contributed by atoms with Gasteiger partial charge in [-0.15, -0.1) is 0 Å². The number of benzene rings is 2. The Morgan fingerprint density at radius 1 is 0.850 bits per heavy atom. The van der Waals surface area contributed by atoms with Gasteiger partial charge in [-0.05, 0) is 11.6 Å². The molecule has 0 spiro atoms. The topological polar surface area (TPSA) is 3.88 Å². The van der Waals surface area contributed by atoms with Crippen LogP contribution >= 0.6 is 0 Å². The number of para-hydroxylation sites is 1. The van der Waals surface area contributed by atoms with Gasteiger partial charge in [0, 0.05) is 23.6 Å². The lowest BCUT2D eigenvalue weighted by molar-refractivity contribution is -0.653. The second-order valence-electron chi connectivity index (χ2n) is 5.58. The van der Waals surface area contributed by atoms with Crippen LogP contribution in [0.5, 0.6) is 0 Å². The van der Waals surface area contributed by atoms with Gasteiger partial charge < -0.3 is 0 Å². The molecule has 3 rings (SSSR count). The molecule has 100 valence electrons. The zero-order valence-electron chi connectivity index (χ0n) is 12.3. The number of fused-ring (bicyclic) bond motifs is 1. The molecule has 1 heterocycles. The van der Waals surface area contributed by atoms with E-state index in [1.54, 1.807) is 0 Å².